The Morgan fingerprint density at radius 1 is 1.28 bits per heavy atom. The lowest BCUT2D eigenvalue weighted by Crippen LogP contribution is -2.32. The molecule has 0 radical (unpaired) electrons. The molecule has 168 valence electrons. The number of aliphatic hydroxyl groups excluding tert-OH is 1. The van der Waals surface area contributed by atoms with Crippen LogP contribution in [0, 0.1) is 6.92 Å². The lowest BCUT2D eigenvalue weighted by atomic mass is 9.95. The lowest BCUT2D eigenvalue weighted by molar-refractivity contribution is 0.0706. The molecule has 4 rings (SSSR count). The van der Waals surface area contributed by atoms with E-state index in [9.17, 15) is 15.0 Å². The minimum atomic E-state index is -0.493. The summed E-state index contributed by atoms with van der Waals surface area (Å²) in [6.07, 6.45) is 1.98. The number of aryl methyl sites for hydroxylation is 1. The maximum atomic E-state index is 13.1. The van der Waals surface area contributed by atoms with Crippen LogP contribution in [0.15, 0.2) is 36.4 Å². The maximum Gasteiger partial charge on any atom is 0.273 e. The number of nitrogens with one attached hydrogen (secondary N) is 1. The van der Waals surface area contributed by atoms with E-state index < -0.39 is 6.04 Å². The van der Waals surface area contributed by atoms with E-state index in [1.807, 2.05) is 24.3 Å². The lowest BCUT2D eigenvalue weighted by Gasteiger charge is -2.26. The second-order valence-corrected chi connectivity index (χ2v) is 8.29. The zero-order chi connectivity index (χ0) is 22.8. The van der Waals surface area contributed by atoms with Crippen molar-refractivity contribution in [2.45, 2.75) is 32.7 Å². The first kappa shape index (κ1) is 22.2. The van der Waals surface area contributed by atoms with Gasteiger partial charge in [-0.15, -0.1) is 0 Å². The average molecular weight is 456 g/mol. The predicted octanol–water partition coefficient (Wildman–Crippen LogP) is 4.46. The first-order valence-electron chi connectivity index (χ1n) is 10.7. The highest BCUT2D eigenvalue weighted by molar-refractivity contribution is 6.31. The SMILES string of the molecule is CCCCOc1cccc(C2c3c(-c4cc(Cl)c(C)cc4O)n[nH]c3C(=O)N2CCO)c1. The van der Waals surface area contributed by atoms with Gasteiger partial charge in [0.15, 0.2) is 0 Å². The van der Waals surface area contributed by atoms with E-state index in [2.05, 4.69) is 17.1 Å². The standard InChI is InChI=1S/C24H26ClN3O4/c1-3-4-10-32-16-7-5-6-15(12-16)23-20-21(17-13-18(25)14(2)11-19(17)30)26-27-22(20)24(31)28(23)8-9-29/h5-7,11-13,23,29-30H,3-4,8-10H2,1-2H3,(H,26,27). The number of hydrogen-bond donors (Lipinski definition) is 3. The van der Waals surface area contributed by atoms with Gasteiger partial charge in [-0.25, -0.2) is 0 Å². The summed E-state index contributed by atoms with van der Waals surface area (Å²) < 4.78 is 5.87. The number of carbonyl (C=O) groups excluding carboxylic acids is 1. The number of β-amino-alcohol motifs (C(OH)–C–C–N with tert-alkyl or cyclic N) is 1. The number of aromatic amines is 1. The van der Waals surface area contributed by atoms with Gasteiger partial charge in [0.2, 0.25) is 0 Å². The summed E-state index contributed by atoms with van der Waals surface area (Å²) >= 11 is 6.32. The Kier molecular flexibility index (Phi) is 6.39. The molecule has 1 amide bonds. The van der Waals surface area contributed by atoms with Crippen LogP contribution in [0.25, 0.3) is 11.3 Å². The van der Waals surface area contributed by atoms with Crippen molar-refractivity contribution in [3.05, 3.63) is 63.8 Å². The molecule has 1 aromatic heterocycles. The van der Waals surface area contributed by atoms with E-state index in [1.54, 1.807) is 24.0 Å². The number of rotatable bonds is 8. The largest absolute Gasteiger partial charge is 0.507 e. The Labute approximate surface area is 191 Å². The second kappa shape index (κ2) is 9.22. The van der Waals surface area contributed by atoms with Gasteiger partial charge in [-0.3, -0.25) is 9.89 Å². The zero-order valence-corrected chi connectivity index (χ0v) is 18.8. The number of unbranched alkanes of at least 4 members (excludes halogenated alkanes) is 1. The molecule has 0 bridgehead atoms. The molecule has 7 nitrogen and oxygen atoms in total. The van der Waals surface area contributed by atoms with Crippen LogP contribution in [-0.2, 0) is 0 Å². The van der Waals surface area contributed by atoms with Crippen LogP contribution in [0.2, 0.25) is 5.02 Å². The number of phenolic OH excluding ortho intramolecular Hbond substituents is 1. The van der Waals surface area contributed by atoms with Gasteiger partial charge in [0, 0.05) is 22.7 Å². The molecule has 0 spiro atoms. The molecule has 1 atom stereocenters. The van der Waals surface area contributed by atoms with Crippen LogP contribution >= 0.6 is 11.6 Å². The molecule has 3 aromatic rings. The molecular formula is C24H26ClN3O4. The van der Waals surface area contributed by atoms with Crippen LogP contribution in [0.1, 0.15) is 53.0 Å². The number of aromatic hydroxyl groups is 1. The maximum absolute atomic E-state index is 13.1. The van der Waals surface area contributed by atoms with Crippen LogP contribution in [0.4, 0.5) is 0 Å². The molecule has 1 aliphatic rings. The zero-order valence-electron chi connectivity index (χ0n) is 18.1. The number of carbonyl (C=O) groups is 1. The highest BCUT2D eigenvalue weighted by Crippen LogP contribution is 2.45. The third-order valence-corrected chi connectivity index (χ3v) is 6.08. The van der Waals surface area contributed by atoms with Crippen molar-refractivity contribution in [3.63, 3.8) is 0 Å². The monoisotopic (exact) mass is 455 g/mol. The molecule has 1 unspecified atom stereocenters. The number of nitrogens with zero attached hydrogens (tertiary/aromatic N) is 2. The normalized spacial score (nSPS) is 15.3. The third-order valence-electron chi connectivity index (χ3n) is 5.68. The minimum absolute atomic E-state index is 0.0321. The Morgan fingerprint density at radius 2 is 2.09 bits per heavy atom. The van der Waals surface area contributed by atoms with Crippen LogP contribution in [0.3, 0.4) is 0 Å². The number of benzene rings is 2. The molecule has 3 N–H and O–H groups in total. The Hall–Kier alpha value is -3.03. The quantitative estimate of drug-likeness (QED) is 0.435. The second-order valence-electron chi connectivity index (χ2n) is 7.88. The van der Waals surface area contributed by atoms with Gasteiger partial charge in [-0.05, 0) is 48.7 Å². The van der Waals surface area contributed by atoms with Crippen LogP contribution < -0.4 is 4.74 Å². The predicted molar refractivity (Wildman–Crippen MR) is 122 cm³/mol. The molecule has 32 heavy (non-hydrogen) atoms. The molecule has 1 aliphatic heterocycles. The molecule has 2 heterocycles. The van der Waals surface area contributed by atoms with E-state index in [4.69, 9.17) is 16.3 Å². The fourth-order valence-electron chi connectivity index (χ4n) is 4.05. The minimum Gasteiger partial charge on any atom is -0.507 e. The fraction of sp³-hybridized carbons (Fsp3) is 0.333. The molecule has 2 aromatic carbocycles. The Morgan fingerprint density at radius 3 is 2.84 bits per heavy atom. The van der Waals surface area contributed by atoms with E-state index in [0.717, 1.165) is 24.0 Å². The van der Waals surface area contributed by atoms with Crippen molar-refractivity contribution in [2.75, 3.05) is 19.8 Å². The van der Waals surface area contributed by atoms with E-state index in [-0.39, 0.29) is 24.8 Å². The van der Waals surface area contributed by atoms with E-state index in [0.29, 0.717) is 39.9 Å². The molecule has 0 saturated carbocycles. The number of aliphatic hydroxyl groups is 1. The van der Waals surface area contributed by atoms with Crippen molar-refractivity contribution in [1.29, 1.82) is 0 Å². The number of amides is 1. The van der Waals surface area contributed by atoms with Crippen LogP contribution in [-0.4, -0.2) is 51.0 Å². The van der Waals surface area contributed by atoms with E-state index in [1.165, 1.54) is 0 Å². The van der Waals surface area contributed by atoms with Gasteiger partial charge >= 0.3 is 0 Å². The van der Waals surface area contributed by atoms with Crippen molar-refractivity contribution in [3.8, 4) is 22.8 Å². The third kappa shape index (κ3) is 3.94. The van der Waals surface area contributed by atoms with Gasteiger partial charge in [0.1, 0.15) is 22.9 Å². The highest BCUT2D eigenvalue weighted by Gasteiger charge is 2.42. The van der Waals surface area contributed by atoms with Gasteiger partial charge in [-0.1, -0.05) is 37.1 Å². The van der Waals surface area contributed by atoms with Crippen molar-refractivity contribution >= 4 is 17.5 Å². The summed E-state index contributed by atoms with van der Waals surface area (Å²) in [5.41, 5.74) is 3.45. The highest BCUT2D eigenvalue weighted by atomic mass is 35.5. The van der Waals surface area contributed by atoms with Crippen LogP contribution in [0.5, 0.6) is 11.5 Å². The number of H-pyrrole nitrogens is 1. The van der Waals surface area contributed by atoms with Crippen molar-refractivity contribution < 1.29 is 19.7 Å². The molecule has 0 aliphatic carbocycles. The van der Waals surface area contributed by atoms with Gasteiger partial charge < -0.3 is 19.8 Å². The Balaban J connectivity index is 1.82. The number of aromatic nitrogens is 2. The first-order chi connectivity index (χ1) is 15.5. The molecule has 0 fully saturated rings. The summed E-state index contributed by atoms with van der Waals surface area (Å²) in [4.78, 5) is 14.7. The number of ether oxygens (including phenoxy) is 1. The first-order valence-corrected chi connectivity index (χ1v) is 11.1. The number of halogens is 1. The molecular weight excluding hydrogens is 430 g/mol. The summed E-state index contributed by atoms with van der Waals surface area (Å²) in [6.45, 7) is 4.50. The van der Waals surface area contributed by atoms with Gasteiger partial charge in [0.05, 0.1) is 19.3 Å². The Bertz CT molecular complexity index is 1140. The smallest absolute Gasteiger partial charge is 0.273 e. The average Bonchev–Trinajstić information content (AvgIpc) is 3.31. The molecule has 8 heteroatoms. The summed E-state index contributed by atoms with van der Waals surface area (Å²) in [5.74, 6) is 0.490. The summed E-state index contributed by atoms with van der Waals surface area (Å²) in [5, 5.41) is 27.9. The van der Waals surface area contributed by atoms with Gasteiger partial charge in [-0.2, -0.15) is 5.10 Å². The number of fused-ring (bicyclic) bond motifs is 1. The van der Waals surface area contributed by atoms with Crippen molar-refractivity contribution in [1.82, 2.24) is 15.1 Å². The van der Waals surface area contributed by atoms with Gasteiger partial charge in [0.25, 0.3) is 5.91 Å². The van der Waals surface area contributed by atoms with E-state index >= 15 is 0 Å². The number of hydrogen-bond acceptors (Lipinski definition) is 5. The molecule has 0 saturated heterocycles. The number of phenols is 1. The van der Waals surface area contributed by atoms with Crippen molar-refractivity contribution in [2.24, 2.45) is 0 Å². The summed E-state index contributed by atoms with van der Waals surface area (Å²) in [7, 11) is 0. The topological polar surface area (TPSA) is 98.7 Å². The fourth-order valence-corrected chi connectivity index (χ4v) is 4.22. The summed E-state index contributed by atoms with van der Waals surface area (Å²) in [6, 6.07) is 10.3.